The van der Waals surface area contributed by atoms with Gasteiger partial charge in [0.05, 0.1) is 0 Å². The van der Waals surface area contributed by atoms with Crippen molar-refractivity contribution in [2.75, 3.05) is 0 Å². The molecule has 0 unspecified atom stereocenters. The van der Waals surface area contributed by atoms with Gasteiger partial charge in [0.15, 0.2) is 0 Å². The molecule has 0 aromatic rings. The van der Waals surface area contributed by atoms with Crippen LogP contribution in [-0.2, 0) is 9.33 Å². The van der Waals surface area contributed by atoms with Gasteiger partial charge in [0, 0.05) is 16.4 Å². The van der Waals surface area contributed by atoms with E-state index in [2.05, 4.69) is 10.7 Å². The highest BCUT2D eigenvalue weighted by Gasteiger charge is 1.86. The first-order valence-electron chi connectivity index (χ1n) is 1.92. The van der Waals surface area contributed by atoms with Crippen LogP contribution in [0.3, 0.4) is 0 Å². The smallest absolute Gasteiger partial charge is 0.310 e. The first-order valence-corrected chi connectivity index (χ1v) is 4.19. The summed E-state index contributed by atoms with van der Waals surface area (Å²) in [5.41, 5.74) is 0.667. The number of hydrogen-bond donors (Lipinski definition) is 2. The van der Waals surface area contributed by atoms with Gasteiger partial charge in [0.1, 0.15) is 0 Å². The van der Waals surface area contributed by atoms with Crippen molar-refractivity contribution in [3.8, 4) is 0 Å². The highest BCUT2D eigenvalue weighted by molar-refractivity contribution is 8.09. The van der Waals surface area contributed by atoms with Crippen molar-refractivity contribution in [3.63, 3.8) is 0 Å². The molecule has 4 nitrogen and oxygen atoms in total. The number of hydrogen-bond acceptors (Lipinski definition) is 3. The fourth-order valence-corrected chi connectivity index (χ4v) is 0. The van der Waals surface area contributed by atoms with Crippen LogP contribution < -0.4 is 0 Å². The van der Waals surface area contributed by atoms with E-state index in [0.29, 0.717) is 5.71 Å². The first kappa shape index (κ1) is 11.6. The molecule has 0 aliphatic heterocycles. The van der Waals surface area contributed by atoms with E-state index >= 15 is 0 Å². The Balaban J connectivity index is 0. The van der Waals surface area contributed by atoms with E-state index in [1.807, 2.05) is 0 Å². The number of rotatable bonds is 0. The van der Waals surface area contributed by atoms with Crippen LogP contribution in [0.25, 0.3) is 0 Å². The molecule has 0 heterocycles. The lowest BCUT2D eigenvalue weighted by Gasteiger charge is -1.65. The highest BCUT2D eigenvalue weighted by Crippen LogP contribution is 1.82. The third kappa shape index (κ3) is 16000. The van der Waals surface area contributed by atoms with Gasteiger partial charge in [-0.25, -0.2) is 0 Å². The van der Waals surface area contributed by atoms with E-state index in [1.54, 1.807) is 13.8 Å². The Morgan fingerprint density at radius 2 is 1.56 bits per heavy atom. The van der Waals surface area contributed by atoms with Gasteiger partial charge in [-0.1, -0.05) is 0 Å². The van der Waals surface area contributed by atoms with Crippen LogP contribution in [0.2, 0.25) is 0 Å². The predicted molar refractivity (Wildman–Crippen MR) is 36.5 cm³/mol. The zero-order chi connectivity index (χ0) is 8.08. The minimum absolute atomic E-state index is 0.667. The summed E-state index contributed by atoms with van der Waals surface area (Å²) < 4.78 is 25.2. The Kier molecular flexibility index (Phi) is 6.11. The molecule has 0 atom stereocenters. The highest BCUT2D eigenvalue weighted by atomic mass is 35.7. The molecule has 0 saturated heterocycles. The molecule has 0 spiro atoms. The molecule has 0 bridgehead atoms. The molecule has 6 heteroatoms. The summed E-state index contributed by atoms with van der Waals surface area (Å²) in [6, 6.07) is 0. The Bertz CT molecular complexity index is 161. The van der Waals surface area contributed by atoms with E-state index in [1.165, 1.54) is 0 Å². The van der Waals surface area contributed by atoms with Gasteiger partial charge in [0.25, 0.3) is 0 Å². The average Bonchev–Trinajstić information content (AvgIpc) is 1.19. The molecular weight excluding hydrogens is 166 g/mol. The maximum atomic E-state index is 8.95. The quantitative estimate of drug-likeness (QED) is 0.327. The van der Waals surface area contributed by atoms with Gasteiger partial charge in [-0.05, 0) is 13.8 Å². The Hall–Kier alpha value is -0.130. The van der Waals surface area contributed by atoms with Crippen molar-refractivity contribution >= 4 is 25.7 Å². The second-order valence-electron chi connectivity index (χ2n) is 1.41. The Labute approximate surface area is 58.6 Å². The zero-order valence-corrected chi connectivity index (χ0v) is 6.62. The van der Waals surface area contributed by atoms with E-state index in [4.69, 9.17) is 18.4 Å². The van der Waals surface area contributed by atoms with E-state index in [-0.39, 0.29) is 0 Å². The lowest BCUT2D eigenvalue weighted by Crippen LogP contribution is -1.77. The van der Waals surface area contributed by atoms with Gasteiger partial charge in [-0.3, -0.25) is 4.55 Å². The summed E-state index contributed by atoms with van der Waals surface area (Å²) in [7, 11) is -0.137. The third-order valence-corrected chi connectivity index (χ3v) is 0. The normalized spacial score (nSPS) is 9.33. The second-order valence-corrected chi connectivity index (χ2v) is 3.41. The van der Waals surface area contributed by atoms with E-state index in [9.17, 15) is 0 Å². The molecule has 9 heavy (non-hydrogen) atoms. The maximum Gasteiger partial charge on any atom is 0.353 e. The van der Waals surface area contributed by atoms with Crippen LogP contribution in [0, 0.1) is 5.41 Å². The van der Waals surface area contributed by atoms with Crippen LogP contribution in [-0.4, -0.2) is 18.7 Å². The molecule has 2 N–H and O–H groups in total. The van der Waals surface area contributed by atoms with Crippen molar-refractivity contribution in [3.05, 3.63) is 0 Å². The molecular formula is C3H8ClNO3S. The number of halogens is 1. The van der Waals surface area contributed by atoms with Crippen molar-refractivity contribution in [2.45, 2.75) is 13.8 Å². The topological polar surface area (TPSA) is 78.2 Å². The molecule has 0 radical (unpaired) electrons. The molecule has 0 saturated carbocycles. The molecule has 0 amide bonds. The summed E-state index contributed by atoms with van der Waals surface area (Å²) in [4.78, 5) is 0. The van der Waals surface area contributed by atoms with E-state index in [0.717, 1.165) is 0 Å². The van der Waals surface area contributed by atoms with Crippen LogP contribution >= 0.6 is 10.7 Å². The van der Waals surface area contributed by atoms with Crippen LogP contribution in [0.4, 0.5) is 0 Å². The fraction of sp³-hybridized carbons (Fsp3) is 0.667. The number of nitrogens with one attached hydrogen (secondary N) is 1. The van der Waals surface area contributed by atoms with Crippen LogP contribution in [0.15, 0.2) is 0 Å². The summed E-state index contributed by atoms with van der Waals surface area (Å²) in [6.07, 6.45) is 0. The largest absolute Gasteiger partial charge is 0.353 e. The zero-order valence-electron chi connectivity index (χ0n) is 5.05. The molecule has 0 aliphatic carbocycles. The standard InChI is InChI=1S/C3H7N.ClHO3S/c1-3(2)4;1-5(2,3)4/h4H,1-2H3;(H,2,3,4). The maximum absolute atomic E-state index is 8.95. The fourth-order valence-electron chi connectivity index (χ4n) is 0. The van der Waals surface area contributed by atoms with Gasteiger partial charge in [0.2, 0.25) is 0 Å². The molecule has 0 fully saturated rings. The van der Waals surface area contributed by atoms with Crippen molar-refractivity contribution in [1.82, 2.24) is 0 Å². The Morgan fingerprint density at radius 1 is 1.56 bits per heavy atom. The van der Waals surface area contributed by atoms with Gasteiger partial charge in [-0.15, -0.1) is 0 Å². The SMILES string of the molecule is CC(C)=N.O=S(=O)(O)Cl. The molecule has 56 valence electrons. The lowest BCUT2D eigenvalue weighted by molar-refractivity contribution is 0.501. The molecule has 0 rings (SSSR count). The molecule has 0 aliphatic rings. The minimum Gasteiger partial charge on any atom is -0.310 e. The minimum atomic E-state index is -4.19. The van der Waals surface area contributed by atoms with Crippen LogP contribution in [0.1, 0.15) is 13.8 Å². The predicted octanol–water partition coefficient (Wildman–Crippen LogP) is 1.07. The summed E-state index contributed by atoms with van der Waals surface area (Å²) >= 11 is 0. The lowest BCUT2D eigenvalue weighted by atomic mass is 10.5. The van der Waals surface area contributed by atoms with Gasteiger partial charge in [-0.2, -0.15) is 8.42 Å². The van der Waals surface area contributed by atoms with Crippen molar-refractivity contribution in [2.24, 2.45) is 0 Å². The van der Waals surface area contributed by atoms with Gasteiger partial charge >= 0.3 is 9.33 Å². The summed E-state index contributed by atoms with van der Waals surface area (Å²) in [5.74, 6) is 0. The summed E-state index contributed by atoms with van der Waals surface area (Å²) in [6.45, 7) is 3.50. The second kappa shape index (κ2) is 4.72. The average molecular weight is 174 g/mol. The van der Waals surface area contributed by atoms with Gasteiger partial charge < -0.3 is 5.41 Å². The molecule has 0 aromatic carbocycles. The van der Waals surface area contributed by atoms with E-state index < -0.39 is 9.33 Å². The first-order chi connectivity index (χ1) is 3.73. The summed E-state index contributed by atoms with van der Waals surface area (Å²) in [5, 5.41) is 6.50. The molecule has 0 aromatic heterocycles. The Morgan fingerprint density at radius 3 is 1.56 bits per heavy atom. The van der Waals surface area contributed by atoms with Crippen molar-refractivity contribution in [1.29, 1.82) is 5.41 Å². The van der Waals surface area contributed by atoms with Crippen molar-refractivity contribution < 1.29 is 13.0 Å². The van der Waals surface area contributed by atoms with Crippen LogP contribution in [0.5, 0.6) is 0 Å². The third-order valence-electron chi connectivity index (χ3n) is 0. The monoisotopic (exact) mass is 173 g/mol.